The SMILES string of the molecule is C.Cc1nc(C(=O)NCc2ccc(F)c(C)c2)cc(C2=NOC(C3COC(CO)CO3)C2)n1. The molecule has 0 bridgehead atoms. The summed E-state index contributed by atoms with van der Waals surface area (Å²) in [6.45, 7) is 4.13. The van der Waals surface area contributed by atoms with E-state index in [1.807, 2.05) is 0 Å². The Morgan fingerprint density at radius 3 is 2.70 bits per heavy atom. The van der Waals surface area contributed by atoms with Crippen molar-refractivity contribution in [1.29, 1.82) is 0 Å². The van der Waals surface area contributed by atoms with Crippen LogP contribution >= 0.6 is 0 Å². The molecular weight excluding hydrogens is 431 g/mol. The number of carbonyl (C=O) groups excluding carboxylic acids is 1. The van der Waals surface area contributed by atoms with Gasteiger partial charge in [0.2, 0.25) is 0 Å². The third kappa shape index (κ3) is 5.89. The summed E-state index contributed by atoms with van der Waals surface area (Å²) in [5, 5.41) is 16.1. The summed E-state index contributed by atoms with van der Waals surface area (Å²) < 4.78 is 24.7. The second-order valence-corrected chi connectivity index (χ2v) is 7.85. The van der Waals surface area contributed by atoms with Gasteiger partial charge in [0.25, 0.3) is 5.91 Å². The number of rotatable bonds is 6. The fourth-order valence-corrected chi connectivity index (χ4v) is 3.55. The molecule has 178 valence electrons. The summed E-state index contributed by atoms with van der Waals surface area (Å²) in [5.41, 5.74) is 2.62. The van der Waals surface area contributed by atoms with Gasteiger partial charge in [0.1, 0.15) is 35.3 Å². The molecule has 1 aromatic heterocycles. The van der Waals surface area contributed by atoms with E-state index in [1.165, 1.54) is 6.07 Å². The van der Waals surface area contributed by atoms with Crippen LogP contribution in [0.15, 0.2) is 29.4 Å². The van der Waals surface area contributed by atoms with Crippen LogP contribution in [-0.4, -0.2) is 64.8 Å². The molecule has 33 heavy (non-hydrogen) atoms. The third-order valence-corrected chi connectivity index (χ3v) is 5.35. The Balaban J connectivity index is 0.00000306. The van der Waals surface area contributed by atoms with Crippen LogP contribution in [0.3, 0.4) is 0 Å². The lowest BCUT2D eigenvalue weighted by Gasteiger charge is -2.30. The highest BCUT2D eigenvalue weighted by Crippen LogP contribution is 2.23. The van der Waals surface area contributed by atoms with Gasteiger partial charge in [-0.15, -0.1) is 0 Å². The molecule has 2 N–H and O–H groups in total. The van der Waals surface area contributed by atoms with E-state index in [0.29, 0.717) is 42.4 Å². The summed E-state index contributed by atoms with van der Waals surface area (Å²) in [4.78, 5) is 26.8. The lowest BCUT2D eigenvalue weighted by atomic mass is 10.0. The number of aliphatic hydroxyl groups is 1. The van der Waals surface area contributed by atoms with E-state index in [2.05, 4.69) is 20.4 Å². The Hall–Kier alpha value is -2.95. The minimum atomic E-state index is -0.367. The summed E-state index contributed by atoms with van der Waals surface area (Å²) >= 11 is 0. The number of carbonyl (C=O) groups is 1. The largest absolute Gasteiger partial charge is 0.394 e. The number of amides is 1. The van der Waals surface area contributed by atoms with Crippen molar-refractivity contribution in [3.63, 3.8) is 0 Å². The molecule has 3 unspecified atom stereocenters. The molecule has 10 heteroatoms. The van der Waals surface area contributed by atoms with Crippen molar-refractivity contribution >= 4 is 11.6 Å². The molecule has 3 atom stereocenters. The highest BCUT2D eigenvalue weighted by molar-refractivity contribution is 6.02. The van der Waals surface area contributed by atoms with Gasteiger partial charge in [0.05, 0.1) is 25.5 Å². The molecule has 0 spiro atoms. The number of aromatic nitrogens is 2. The fourth-order valence-electron chi connectivity index (χ4n) is 3.55. The zero-order chi connectivity index (χ0) is 22.7. The van der Waals surface area contributed by atoms with Crippen LogP contribution in [-0.2, 0) is 20.9 Å². The maximum atomic E-state index is 13.4. The number of aryl methyl sites for hydroxylation is 2. The van der Waals surface area contributed by atoms with E-state index in [1.54, 1.807) is 32.0 Å². The van der Waals surface area contributed by atoms with Crippen LogP contribution in [0.4, 0.5) is 4.39 Å². The van der Waals surface area contributed by atoms with Crippen LogP contribution in [0.2, 0.25) is 0 Å². The first-order chi connectivity index (χ1) is 15.4. The molecule has 3 heterocycles. The van der Waals surface area contributed by atoms with E-state index >= 15 is 0 Å². The first-order valence-corrected chi connectivity index (χ1v) is 10.4. The summed E-state index contributed by atoms with van der Waals surface area (Å²) in [7, 11) is 0. The Labute approximate surface area is 192 Å². The highest BCUT2D eigenvalue weighted by Gasteiger charge is 2.35. The maximum absolute atomic E-state index is 13.4. The van der Waals surface area contributed by atoms with Crippen LogP contribution in [0.25, 0.3) is 0 Å². The molecular formula is C23H29FN4O5. The van der Waals surface area contributed by atoms with Gasteiger partial charge in [-0.1, -0.05) is 24.7 Å². The van der Waals surface area contributed by atoms with Crippen LogP contribution in [0.5, 0.6) is 0 Å². The number of aliphatic hydroxyl groups excluding tert-OH is 1. The monoisotopic (exact) mass is 460 g/mol. The smallest absolute Gasteiger partial charge is 0.270 e. The standard InChI is InChI=1S/C22H25FN4O5.CH4/c1-12-5-14(3-4-16(12)23)8-24-22(29)19-6-17(25-13(2)26-19)18-7-20(32-27-18)21-11-30-15(9-28)10-31-21;/h3-6,15,20-21,28H,7-11H2,1-2H3,(H,24,29);1H4. The normalized spacial score (nSPS) is 22.2. The van der Waals surface area contributed by atoms with Gasteiger partial charge in [-0.25, -0.2) is 14.4 Å². The Morgan fingerprint density at radius 2 is 2.00 bits per heavy atom. The van der Waals surface area contributed by atoms with Crippen molar-refractivity contribution in [3.05, 3.63) is 58.4 Å². The fraction of sp³-hybridized carbons (Fsp3) is 0.478. The molecule has 4 rings (SSSR count). The van der Waals surface area contributed by atoms with Gasteiger partial charge >= 0.3 is 0 Å². The average Bonchev–Trinajstić information content (AvgIpc) is 3.30. The number of hydrogen-bond acceptors (Lipinski definition) is 8. The van der Waals surface area contributed by atoms with Crippen LogP contribution in [0.1, 0.15) is 47.0 Å². The zero-order valence-electron chi connectivity index (χ0n) is 17.9. The topological polar surface area (TPSA) is 115 Å². The lowest BCUT2D eigenvalue weighted by molar-refractivity contribution is -0.178. The van der Waals surface area contributed by atoms with Gasteiger partial charge in [-0.3, -0.25) is 4.79 Å². The summed E-state index contributed by atoms with van der Waals surface area (Å²) in [6.07, 6.45) is -0.509. The van der Waals surface area contributed by atoms with Crippen LogP contribution < -0.4 is 5.32 Å². The number of nitrogens with zero attached hydrogens (tertiary/aromatic N) is 3. The quantitative estimate of drug-likeness (QED) is 0.678. The molecule has 0 radical (unpaired) electrons. The van der Waals surface area contributed by atoms with E-state index in [-0.39, 0.29) is 56.3 Å². The number of oxime groups is 1. The van der Waals surface area contributed by atoms with Gasteiger partial charge in [0.15, 0.2) is 6.10 Å². The molecule has 0 aliphatic carbocycles. The minimum absolute atomic E-state index is 0. The Kier molecular flexibility index (Phi) is 8.06. The predicted octanol–water partition coefficient (Wildman–Crippen LogP) is 2.07. The molecule has 0 saturated carbocycles. The number of benzene rings is 1. The minimum Gasteiger partial charge on any atom is -0.394 e. The first-order valence-electron chi connectivity index (χ1n) is 10.4. The number of ether oxygens (including phenoxy) is 2. The summed E-state index contributed by atoms with van der Waals surface area (Å²) in [5.74, 6) is -0.222. The second kappa shape index (κ2) is 10.8. The van der Waals surface area contributed by atoms with Crippen molar-refractivity contribution in [2.24, 2.45) is 5.16 Å². The molecule has 9 nitrogen and oxygen atoms in total. The van der Waals surface area contributed by atoms with Crippen LogP contribution in [0, 0.1) is 19.7 Å². The summed E-state index contributed by atoms with van der Waals surface area (Å²) in [6, 6.07) is 6.27. The zero-order valence-corrected chi connectivity index (χ0v) is 17.9. The molecule has 2 aromatic rings. The van der Waals surface area contributed by atoms with E-state index in [9.17, 15) is 9.18 Å². The van der Waals surface area contributed by atoms with Gasteiger partial charge in [-0.2, -0.15) is 0 Å². The Bertz CT molecular complexity index is 1020. The number of nitrogens with one attached hydrogen (secondary N) is 1. The van der Waals surface area contributed by atoms with Crippen molar-refractivity contribution in [2.75, 3.05) is 19.8 Å². The highest BCUT2D eigenvalue weighted by atomic mass is 19.1. The van der Waals surface area contributed by atoms with Crippen molar-refractivity contribution < 1.29 is 28.6 Å². The molecule has 1 fully saturated rings. The van der Waals surface area contributed by atoms with Crippen molar-refractivity contribution in [2.45, 2.75) is 52.6 Å². The molecule has 1 amide bonds. The third-order valence-electron chi connectivity index (χ3n) is 5.35. The van der Waals surface area contributed by atoms with Gasteiger partial charge in [0, 0.05) is 13.0 Å². The van der Waals surface area contributed by atoms with E-state index < -0.39 is 0 Å². The first kappa shape index (κ1) is 24.7. The molecule has 2 aliphatic rings. The maximum Gasteiger partial charge on any atom is 0.270 e. The van der Waals surface area contributed by atoms with Crippen molar-refractivity contribution in [3.8, 4) is 0 Å². The average molecular weight is 461 g/mol. The Morgan fingerprint density at radius 1 is 1.18 bits per heavy atom. The molecule has 2 aliphatic heterocycles. The molecule has 1 saturated heterocycles. The second-order valence-electron chi connectivity index (χ2n) is 7.85. The van der Waals surface area contributed by atoms with Gasteiger partial charge < -0.3 is 24.7 Å². The van der Waals surface area contributed by atoms with E-state index in [4.69, 9.17) is 19.4 Å². The van der Waals surface area contributed by atoms with E-state index in [0.717, 1.165) is 5.56 Å². The number of hydrogen-bond donors (Lipinski definition) is 2. The number of halogens is 1. The molecule has 1 aromatic carbocycles. The van der Waals surface area contributed by atoms with Crippen molar-refractivity contribution in [1.82, 2.24) is 15.3 Å². The lowest BCUT2D eigenvalue weighted by Crippen LogP contribution is -2.43. The predicted molar refractivity (Wildman–Crippen MR) is 118 cm³/mol. The van der Waals surface area contributed by atoms with Gasteiger partial charge in [-0.05, 0) is 37.1 Å².